The Bertz CT molecular complexity index is 955. The summed E-state index contributed by atoms with van der Waals surface area (Å²) in [6, 6.07) is 9.29. The van der Waals surface area contributed by atoms with Crippen LogP contribution in [0.15, 0.2) is 36.7 Å². The third-order valence-corrected chi connectivity index (χ3v) is 10.7. The van der Waals surface area contributed by atoms with Gasteiger partial charge in [0.25, 0.3) is 0 Å². The highest BCUT2D eigenvalue weighted by Gasteiger charge is 2.60. The second-order valence-electron chi connectivity index (χ2n) is 11.7. The van der Waals surface area contributed by atoms with Gasteiger partial charge in [0.1, 0.15) is 0 Å². The SMILES string of the molecule is C[C@]12CC[C@H](O)C[C@@H]1CC[C@@H]1[C@@H]2CC[C@]2(C)[C@@H](c3ccc4ccncc4c3)CC[C@@H]12. The van der Waals surface area contributed by atoms with E-state index in [1.807, 2.05) is 12.4 Å². The monoisotopic (exact) mass is 403 g/mol. The van der Waals surface area contributed by atoms with Crippen LogP contribution >= 0.6 is 0 Å². The van der Waals surface area contributed by atoms with E-state index in [9.17, 15) is 5.11 Å². The van der Waals surface area contributed by atoms with E-state index in [4.69, 9.17) is 0 Å². The Labute approximate surface area is 181 Å². The molecule has 30 heavy (non-hydrogen) atoms. The van der Waals surface area contributed by atoms with Crippen molar-refractivity contribution in [3.63, 3.8) is 0 Å². The van der Waals surface area contributed by atoms with Crippen LogP contribution in [0.2, 0.25) is 0 Å². The minimum absolute atomic E-state index is 0.0354. The van der Waals surface area contributed by atoms with E-state index in [1.165, 1.54) is 55.7 Å². The fourth-order valence-electron chi connectivity index (χ4n) is 9.10. The number of hydrogen-bond donors (Lipinski definition) is 1. The molecular formula is C28H37NO. The van der Waals surface area contributed by atoms with Gasteiger partial charge >= 0.3 is 0 Å². The predicted octanol–water partition coefficient (Wildman–Crippen LogP) is 6.72. The molecule has 1 aromatic carbocycles. The molecule has 0 aliphatic heterocycles. The number of nitrogens with zero attached hydrogens (tertiary/aromatic N) is 1. The molecule has 0 amide bonds. The van der Waals surface area contributed by atoms with Gasteiger partial charge in [0.15, 0.2) is 0 Å². The maximum Gasteiger partial charge on any atom is 0.0543 e. The first-order valence-corrected chi connectivity index (χ1v) is 12.5. The van der Waals surface area contributed by atoms with Gasteiger partial charge in [-0.1, -0.05) is 26.0 Å². The number of benzene rings is 1. The summed E-state index contributed by atoms with van der Waals surface area (Å²) in [5.74, 6) is 4.15. The lowest BCUT2D eigenvalue weighted by molar-refractivity contribution is -0.122. The van der Waals surface area contributed by atoms with Crippen molar-refractivity contribution in [2.24, 2.45) is 34.5 Å². The standard InChI is InChI=1S/C28H37NO/c1-27-12-9-22(30)16-21(27)5-6-23-25-8-7-24(28(25,2)13-10-26(23)27)19-4-3-18-11-14-29-17-20(18)15-19/h3-4,11,14-15,17,21-26,30H,5-10,12-13,16H2,1-2H3/t21-,22-,23-,24+,25-,26-,27-,28+/m0/s1. The molecule has 0 radical (unpaired) electrons. The highest BCUT2D eigenvalue weighted by molar-refractivity contribution is 5.82. The van der Waals surface area contributed by atoms with Crippen molar-refractivity contribution < 1.29 is 5.11 Å². The maximum absolute atomic E-state index is 10.3. The number of aliphatic hydroxyl groups is 1. The largest absolute Gasteiger partial charge is 0.393 e. The topological polar surface area (TPSA) is 33.1 Å². The molecule has 0 bridgehead atoms. The van der Waals surface area contributed by atoms with E-state index in [-0.39, 0.29) is 6.10 Å². The number of fused-ring (bicyclic) bond motifs is 6. The molecule has 2 nitrogen and oxygen atoms in total. The summed E-state index contributed by atoms with van der Waals surface area (Å²) in [7, 11) is 0. The second-order valence-corrected chi connectivity index (χ2v) is 11.7. The average Bonchev–Trinajstić information content (AvgIpc) is 3.11. The smallest absolute Gasteiger partial charge is 0.0543 e. The highest BCUT2D eigenvalue weighted by Crippen LogP contribution is 2.69. The molecule has 4 aliphatic carbocycles. The first-order valence-electron chi connectivity index (χ1n) is 12.5. The van der Waals surface area contributed by atoms with Gasteiger partial charge in [0.2, 0.25) is 0 Å². The highest BCUT2D eigenvalue weighted by atomic mass is 16.3. The summed E-state index contributed by atoms with van der Waals surface area (Å²) >= 11 is 0. The second kappa shape index (κ2) is 6.79. The maximum atomic E-state index is 10.3. The van der Waals surface area contributed by atoms with Gasteiger partial charge < -0.3 is 5.11 Å². The number of pyridine rings is 1. The molecule has 8 atom stereocenters. The fourth-order valence-corrected chi connectivity index (χ4v) is 9.10. The molecule has 4 fully saturated rings. The molecule has 2 heteroatoms. The first-order chi connectivity index (χ1) is 14.5. The lowest BCUT2D eigenvalue weighted by atomic mass is 9.44. The minimum Gasteiger partial charge on any atom is -0.393 e. The van der Waals surface area contributed by atoms with Crippen molar-refractivity contribution in [2.75, 3.05) is 0 Å². The Balaban J connectivity index is 1.31. The normalized spacial score (nSPS) is 45.6. The number of aromatic nitrogens is 1. The van der Waals surface area contributed by atoms with Crippen LogP contribution in [0.25, 0.3) is 10.8 Å². The van der Waals surface area contributed by atoms with E-state index in [1.54, 1.807) is 5.56 Å². The van der Waals surface area contributed by atoms with Crippen molar-refractivity contribution in [3.8, 4) is 0 Å². The Morgan fingerprint density at radius 2 is 1.70 bits per heavy atom. The van der Waals surface area contributed by atoms with Gasteiger partial charge in [-0.2, -0.15) is 0 Å². The van der Waals surface area contributed by atoms with Gasteiger partial charge in [0, 0.05) is 17.8 Å². The zero-order chi connectivity index (χ0) is 20.5. The Morgan fingerprint density at radius 1 is 0.867 bits per heavy atom. The van der Waals surface area contributed by atoms with Crippen LogP contribution in [0.5, 0.6) is 0 Å². The fraction of sp³-hybridized carbons (Fsp3) is 0.679. The molecular weight excluding hydrogens is 366 g/mol. The molecule has 4 saturated carbocycles. The summed E-state index contributed by atoms with van der Waals surface area (Å²) in [6.45, 7) is 5.24. The van der Waals surface area contributed by atoms with E-state index in [2.05, 4.69) is 43.1 Å². The Morgan fingerprint density at radius 3 is 2.60 bits per heavy atom. The van der Waals surface area contributed by atoms with Crippen LogP contribution in [0.1, 0.15) is 83.1 Å². The molecule has 0 saturated heterocycles. The number of hydrogen-bond acceptors (Lipinski definition) is 2. The van der Waals surface area contributed by atoms with E-state index in [0.29, 0.717) is 16.7 Å². The van der Waals surface area contributed by atoms with Crippen LogP contribution in [-0.2, 0) is 0 Å². The Kier molecular flexibility index (Phi) is 4.37. The van der Waals surface area contributed by atoms with Gasteiger partial charge in [-0.15, -0.1) is 0 Å². The molecule has 6 rings (SSSR count). The van der Waals surface area contributed by atoms with E-state index in [0.717, 1.165) is 36.5 Å². The van der Waals surface area contributed by atoms with E-state index < -0.39 is 0 Å². The summed E-state index contributed by atoms with van der Waals surface area (Å²) in [5.41, 5.74) is 2.49. The molecule has 160 valence electrons. The third kappa shape index (κ3) is 2.68. The molecule has 2 aromatic rings. The molecule has 1 aromatic heterocycles. The summed E-state index contributed by atoms with van der Waals surface area (Å²) in [4.78, 5) is 4.37. The minimum atomic E-state index is -0.0354. The van der Waals surface area contributed by atoms with Crippen molar-refractivity contribution in [2.45, 2.75) is 83.7 Å². The van der Waals surface area contributed by atoms with Gasteiger partial charge in [-0.25, -0.2) is 0 Å². The molecule has 1 heterocycles. The van der Waals surface area contributed by atoms with Crippen LogP contribution in [0, 0.1) is 34.5 Å². The number of aliphatic hydroxyl groups excluding tert-OH is 1. The molecule has 0 unspecified atom stereocenters. The summed E-state index contributed by atoms with van der Waals surface area (Å²) in [6.07, 6.45) is 15.6. The lowest BCUT2D eigenvalue weighted by Gasteiger charge is -2.61. The van der Waals surface area contributed by atoms with Crippen LogP contribution < -0.4 is 0 Å². The molecule has 0 spiro atoms. The number of rotatable bonds is 1. The summed E-state index contributed by atoms with van der Waals surface area (Å²) < 4.78 is 0. The van der Waals surface area contributed by atoms with Crippen molar-refractivity contribution in [1.82, 2.24) is 4.98 Å². The van der Waals surface area contributed by atoms with E-state index >= 15 is 0 Å². The lowest BCUT2D eigenvalue weighted by Crippen LogP contribution is -2.53. The van der Waals surface area contributed by atoms with Crippen LogP contribution in [0.4, 0.5) is 0 Å². The average molecular weight is 404 g/mol. The third-order valence-electron chi connectivity index (χ3n) is 10.7. The molecule has 4 aliphatic rings. The molecule has 1 N–H and O–H groups in total. The van der Waals surface area contributed by atoms with Gasteiger partial charge in [0.05, 0.1) is 6.10 Å². The zero-order valence-corrected chi connectivity index (χ0v) is 18.7. The van der Waals surface area contributed by atoms with Gasteiger partial charge in [-0.05, 0) is 121 Å². The zero-order valence-electron chi connectivity index (χ0n) is 18.7. The van der Waals surface area contributed by atoms with Crippen molar-refractivity contribution in [3.05, 3.63) is 42.2 Å². The predicted molar refractivity (Wildman–Crippen MR) is 122 cm³/mol. The first kappa shape index (κ1) is 19.3. The van der Waals surface area contributed by atoms with Crippen LogP contribution in [-0.4, -0.2) is 16.2 Å². The van der Waals surface area contributed by atoms with Crippen LogP contribution in [0.3, 0.4) is 0 Å². The Hall–Kier alpha value is -1.41. The van der Waals surface area contributed by atoms with Crippen molar-refractivity contribution >= 4 is 10.8 Å². The van der Waals surface area contributed by atoms with Gasteiger partial charge in [-0.3, -0.25) is 4.98 Å². The quantitative estimate of drug-likeness (QED) is 0.573. The summed E-state index contributed by atoms with van der Waals surface area (Å²) in [5, 5.41) is 12.9. The van der Waals surface area contributed by atoms with Crippen molar-refractivity contribution in [1.29, 1.82) is 0 Å².